The van der Waals surface area contributed by atoms with Crippen LogP contribution in [0.15, 0.2) is 17.2 Å². The first kappa shape index (κ1) is 9.00. The Labute approximate surface area is 78.0 Å². The minimum atomic E-state index is -0.265. The summed E-state index contributed by atoms with van der Waals surface area (Å²) in [5.41, 5.74) is 8.11. The smallest absolute Gasteiger partial charge is 0.143 e. The fourth-order valence-corrected chi connectivity index (χ4v) is 1.16. The van der Waals surface area contributed by atoms with Crippen molar-refractivity contribution >= 4 is 28.9 Å². The second-order valence-electron chi connectivity index (χ2n) is 1.94. The second-order valence-corrected chi connectivity index (χ2v) is 2.79. The molecule has 0 spiro atoms. The zero-order valence-electron chi connectivity index (χ0n) is 5.70. The Morgan fingerprint density at radius 3 is 2.67 bits per heavy atom. The van der Waals surface area contributed by atoms with Gasteiger partial charge in [0.1, 0.15) is 5.75 Å². The molecule has 12 heavy (non-hydrogen) atoms. The molecule has 0 aliphatic heterocycles. The maximum Gasteiger partial charge on any atom is 0.143 e. The Morgan fingerprint density at radius 2 is 2.08 bits per heavy atom. The van der Waals surface area contributed by atoms with Gasteiger partial charge in [-0.1, -0.05) is 28.3 Å². The van der Waals surface area contributed by atoms with E-state index in [-0.39, 0.29) is 16.5 Å². The number of halogens is 2. The Kier molecular flexibility index (Phi) is 2.65. The summed E-state index contributed by atoms with van der Waals surface area (Å²) >= 11 is 11.1. The zero-order chi connectivity index (χ0) is 9.14. The van der Waals surface area contributed by atoms with Gasteiger partial charge in [-0.25, -0.2) is 0 Å². The molecule has 0 saturated heterocycles. The number of aromatic hydroxyl groups is 1. The molecule has 4 nitrogen and oxygen atoms in total. The van der Waals surface area contributed by atoms with Crippen LogP contribution in [0.1, 0.15) is 0 Å². The lowest BCUT2D eigenvalue weighted by molar-refractivity contribution is 0.477. The van der Waals surface area contributed by atoms with Crippen molar-refractivity contribution in [1.82, 2.24) is 0 Å². The second kappa shape index (κ2) is 3.54. The highest BCUT2D eigenvalue weighted by atomic mass is 35.5. The molecular weight excluding hydrogens is 201 g/mol. The van der Waals surface area contributed by atoms with E-state index in [1.54, 1.807) is 0 Å². The van der Waals surface area contributed by atoms with Gasteiger partial charge in [-0.05, 0) is 17.7 Å². The molecule has 0 amide bonds. The third-order valence-electron chi connectivity index (χ3n) is 1.16. The molecule has 0 heterocycles. The van der Waals surface area contributed by atoms with Crippen molar-refractivity contribution in [2.24, 2.45) is 5.11 Å². The lowest BCUT2D eigenvalue weighted by Gasteiger charge is -2.00. The fraction of sp³-hybridized carbons (Fsp3) is 0. The normalized spacial score (nSPS) is 9.17. The summed E-state index contributed by atoms with van der Waals surface area (Å²) in [6.07, 6.45) is 0. The van der Waals surface area contributed by atoms with Crippen LogP contribution < -0.4 is 0 Å². The van der Waals surface area contributed by atoms with Gasteiger partial charge in [0.05, 0.1) is 10.7 Å². The first-order valence-corrected chi connectivity index (χ1v) is 3.64. The van der Waals surface area contributed by atoms with Crippen LogP contribution in [0.4, 0.5) is 5.69 Å². The third-order valence-corrected chi connectivity index (χ3v) is 1.67. The van der Waals surface area contributed by atoms with Crippen LogP contribution in [-0.2, 0) is 0 Å². The van der Waals surface area contributed by atoms with E-state index in [4.69, 9.17) is 28.7 Å². The van der Waals surface area contributed by atoms with Gasteiger partial charge >= 0.3 is 0 Å². The molecular formula is C6H3Cl2N3O. The molecule has 1 aromatic rings. The number of azide groups is 1. The number of nitrogens with zero attached hydrogens (tertiary/aromatic N) is 3. The molecule has 0 aliphatic carbocycles. The summed E-state index contributed by atoms with van der Waals surface area (Å²) in [6.45, 7) is 0. The van der Waals surface area contributed by atoms with Gasteiger partial charge in [-0.3, -0.25) is 0 Å². The van der Waals surface area contributed by atoms with E-state index < -0.39 is 0 Å². The predicted molar refractivity (Wildman–Crippen MR) is 46.9 cm³/mol. The number of benzene rings is 1. The summed E-state index contributed by atoms with van der Waals surface area (Å²) < 4.78 is 0. The first-order chi connectivity index (χ1) is 5.65. The Balaban J connectivity index is 3.36. The molecule has 0 aliphatic rings. The van der Waals surface area contributed by atoms with Gasteiger partial charge in [-0.15, -0.1) is 0 Å². The Hall–Kier alpha value is -1.09. The highest BCUT2D eigenvalue weighted by Crippen LogP contribution is 2.36. The van der Waals surface area contributed by atoms with Crippen molar-refractivity contribution in [2.45, 2.75) is 0 Å². The molecule has 1 aromatic carbocycles. The van der Waals surface area contributed by atoms with Crippen LogP contribution >= 0.6 is 23.2 Å². The zero-order valence-corrected chi connectivity index (χ0v) is 7.21. The molecule has 1 N–H and O–H groups in total. The van der Waals surface area contributed by atoms with Crippen LogP contribution in [0.25, 0.3) is 10.4 Å². The van der Waals surface area contributed by atoms with E-state index in [0.717, 1.165) is 0 Å². The van der Waals surface area contributed by atoms with Crippen molar-refractivity contribution in [3.05, 3.63) is 32.6 Å². The number of phenolic OH excluding ortho intramolecular Hbond substituents is 1. The highest BCUT2D eigenvalue weighted by molar-refractivity contribution is 6.36. The van der Waals surface area contributed by atoms with Crippen molar-refractivity contribution in [3.63, 3.8) is 0 Å². The Bertz CT molecular complexity index is 360. The van der Waals surface area contributed by atoms with E-state index in [1.165, 1.54) is 12.1 Å². The van der Waals surface area contributed by atoms with Gasteiger partial charge in [0.15, 0.2) is 0 Å². The minimum absolute atomic E-state index is 0.0231. The van der Waals surface area contributed by atoms with Gasteiger partial charge in [0, 0.05) is 9.93 Å². The average Bonchev–Trinajstić information content (AvgIpc) is 2.00. The van der Waals surface area contributed by atoms with Crippen molar-refractivity contribution in [1.29, 1.82) is 0 Å². The van der Waals surface area contributed by atoms with E-state index in [9.17, 15) is 5.11 Å². The monoisotopic (exact) mass is 203 g/mol. The van der Waals surface area contributed by atoms with Gasteiger partial charge in [0.2, 0.25) is 0 Å². The summed E-state index contributed by atoms with van der Waals surface area (Å²) in [4.78, 5) is 2.50. The predicted octanol–water partition coefficient (Wildman–Crippen LogP) is 3.64. The topological polar surface area (TPSA) is 69.0 Å². The summed E-state index contributed by atoms with van der Waals surface area (Å²) in [5.74, 6) is -0.265. The molecule has 1 rings (SSSR count). The van der Waals surface area contributed by atoms with E-state index in [2.05, 4.69) is 10.0 Å². The summed E-state index contributed by atoms with van der Waals surface area (Å²) in [6, 6.07) is 2.68. The average molecular weight is 204 g/mol. The maximum atomic E-state index is 9.20. The largest absolute Gasteiger partial charge is 0.506 e. The van der Waals surface area contributed by atoms with E-state index >= 15 is 0 Å². The van der Waals surface area contributed by atoms with Crippen LogP contribution in [0.2, 0.25) is 10.0 Å². The fourth-order valence-electron chi connectivity index (χ4n) is 0.677. The molecule has 0 aromatic heterocycles. The number of rotatable bonds is 1. The lowest BCUT2D eigenvalue weighted by atomic mass is 10.3. The standard InChI is InChI=1S/C6H3Cl2N3O/c7-3-1-4(8)6(12)5(2-3)10-11-9/h1-2,12H. The highest BCUT2D eigenvalue weighted by Gasteiger charge is 2.05. The van der Waals surface area contributed by atoms with Crippen LogP contribution in [0.3, 0.4) is 0 Å². The van der Waals surface area contributed by atoms with E-state index in [0.29, 0.717) is 5.02 Å². The molecule has 0 fully saturated rings. The third kappa shape index (κ3) is 1.74. The quantitative estimate of drug-likeness (QED) is 0.423. The van der Waals surface area contributed by atoms with Gasteiger partial charge < -0.3 is 5.11 Å². The molecule has 0 radical (unpaired) electrons. The summed E-state index contributed by atoms with van der Waals surface area (Å²) in [7, 11) is 0. The number of hydrogen-bond acceptors (Lipinski definition) is 2. The summed E-state index contributed by atoms with van der Waals surface area (Å²) in [5, 5.41) is 12.8. The molecule has 62 valence electrons. The molecule has 0 bridgehead atoms. The van der Waals surface area contributed by atoms with Crippen molar-refractivity contribution in [3.8, 4) is 5.75 Å². The Morgan fingerprint density at radius 1 is 1.42 bits per heavy atom. The van der Waals surface area contributed by atoms with Crippen LogP contribution in [0.5, 0.6) is 5.75 Å². The molecule has 0 saturated carbocycles. The SMILES string of the molecule is [N-]=[N+]=Nc1cc(Cl)cc(Cl)c1O. The number of phenols is 1. The maximum absolute atomic E-state index is 9.20. The van der Waals surface area contributed by atoms with Crippen molar-refractivity contribution in [2.75, 3.05) is 0 Å². The van der Waals surface area contributed by atoms with Gasteiger partial charge in [-0.2, -0.15) is 0 Å². The van der Waals surface area contributed by atoms with Crippen LogP contribution in [-0.4, -0.2) is 5.11 Å². The van der Waals surface area contributed by atoms with Crippen LogP contribution in [0, 0.1) is 0 Å². The van der Waals surface area contributed by atoms with Crippen molar-refractivity contribution < 1.29 is 5.11 Å². The molecule has 0 atom stereocenters. The minimum Gasteiger partial charge on any atom is -0.506 e. The van der Waals surface area contributed by atoms with Gasteiger partial charge in [0.25, 0.3) is 0 Å². The first-order valence-electron chi connectivity index (χ1n) is 2.88. The number of hydrogen-bond donors (Lipinski definition) is 1. The lowest BCUT2D eigenvalue weighted by Crippen LogP contribution is -1.70. The molecule has 6 heteroatoms. The van der Waals surface area contributed by atoms with E-state index in [1.807, 2.05) is 0 Å². The molecule has 0 unspecified atom stereocenters.